The van der Waals surface area contributed by atoms with Crippen LogP contribution in [0.4, 0.5) is 5.69 Å². The van der Waals surface area contributed by atoms with Gasteiger partial charge in [0.05, 0.1) is 22.6 Å². The van der Waals surface area contributed by atoms with Gasteiger partial charge in [-0.2, -0.15) is 0 Å². The van der Waals surface area contributed by atoms with Crippen LogP contribution in [0.5, 0.6) is 0 Å². The Hall–Kier alpha value is -3.44. The molecule has 4 nitrogen and oxygen atoms in total. The molecule has 0 spiro atoms. The Bertz CT molecular complexity index is 1420. The van der Waals surface area contributed by atoms with Gasteiger partial charge in [0, 0.05) is 27.2 Å². The molecule has 0 saturated carbocycles. The zero-order valence-corrected chi connectivity index (χ0v) is 19.0. The number of hydrogen-bond acceptors (Lipinski definition) is 2. The maximum Gasteiger partial charge on any atom is 0.224 e. The van der Waals surface area contributed by atoms with Gasteiger partial charge in [-0.15, -0.1) is 0 Å². The maximum absolute atomic E-state index is 12.5. The van der Waals surface area contributed by atoms with Crippen LogP contribution in [0, 0.1) is 0 Å². The molecule has 0 saturated heterocycles. The molecule has 0 radical (unpaired) electrons. The molecule has 0 fully saturated rings. The number of rotatable bonds is 6. The van der Waals surface area contributed by atoms with Gasteiger partial charge in [-0.1, -0.05) is 54.6 Å². The second-order valence-corrected chi connectivity index (χ2v) is 8.65. The van der Waals surface area contributed by atoms with Crippen molar-refractivity contribution in [2.75, 3.05) is 5.32 Å². The molecule has 5 aromatic rings. The van der Waals surface area contributed by atoms with Crippen molar-refractivity contribution in [2.45, 2.75) is 19.3 Å². The van der Waals surface area contributed by atoms with Crippen LogP contribution in [0.3, 0.4) is 0 Å². The SMILES string of the molecule is O=C(CCCc1c(-c2ccc3ccccc3n2)[nH]c2ccccc12)Nc1ccccc1Br. The van der Waals surface area contributed by atoms with Crippen LogP contribution < -0.4 is 5.32 Å². The second kappa shape index (κ2) is 8.97. The van der Waals surface area contributed by atoms with E-state index in [9.17, 15) is 4.79 Å². The third-order valence-corrected chi connectivity index (χ3v) is 6.34. The Balaban J connectivity index is 1.39. The van der Waals surface area contributed by atoms with E-state index >= 15 is 0 Å². The molecule has 2 N–H and O–H groups in total. The Labute approximate surface area is 194 Å². The van der Waals surface area contributed by atoms with Gasteiger partial charge in [0.2, 0.25) is 5.91 Å². The number of amides is 1. The number of pyridine rings is 1. The van der Waals surface area contributed by atoms with E-state index in [1.54, 1.807) is 0 Å². The second-order valence-electron chi connectivity index (χ2n) is 7.79. The summed E-state index contributed by atoms with van der Waals surface area (Å²) in [5, 5.41) is 5.29. The molecule has 32 heavy (non-hydrogen) atoms. The minimum Gasteiger partial charge on any atom is -0.353 e. The van der Waals surface area contributed by atoms with E-state index in [0.29, 0.717) is 6.42 Å². The molecule has 2 aromatic heterocycles. The average molecular weight is 484 g/mol. The summed E-state index contributed by atoms with van der Waals surface area (Å²) in [4.78, 5) is 21.0. The van der Waals surface area contributed by atoms with Gasteiger partial charge in [-0.3, -0.25) is 4.79 Å². The molecule has 0 aliphatic carbocycles. The van der Waals surface area contributed by atoms with Gasteiger partial charge in [0.1, 0.15) is 0 Å². The lowest BCUT2D eigenvalue weighted by molar-refractivity contribution is -0.116. The number of hydrogen-bond donors (Lipinski definition) is 2. The number of nitrogens with zero attached hydrogens (tertiary/aromatic N) is 1. The number of benzene rings is 3. The summed E-state index contributed by atoms with van der Waals surface area (Å²) in [6.45, 7) is 0. The molecule has 158 valence electrons. The van der Waals surface area contributed by atoms with Crippen molar-refractivity contribution in [1.82, 2.24) is 9.97 Å². The van der Waals surface area contributed by atoms with Gasteiger partial charge in [0.25, 0.3) is 0 Å². The lowest BCUT2D eigenvalue weighted by Crippen LogP contribution is -2.11. The van der Waals surface area contributed by atoms with Crippen molar-refractivity contribution in [3.8, 4) is 11.4 Å². The smallest absolute Gasteiger partial charge is 0.224 e. The topological polar surface area (TPSA) is 57.8 Å². The van der Waals surface area contributed by atoms with Crippen LogP contribution in [0.25, 0.3) is 33.2 Å². The van der Waals surface area contributed by atoms with Gasteiger partial charge >= 0.3 is 0 Å². The highest BCUT2D eigenvalue weighted by molar-refractivity contribution is 9.10. The third-order valence-electron chi connectivity index (χ3n) is 5.65. The minimum absolute atomic E-state index is 0.0159. The number of anilines is 1. The number of carbonyl (C=O) groups excluding carboxylic acids is 1. The average Bonchev–Trinajstić information content (AvgIpc) is 3.19. The number of para-hydroxylation sites is 3. The fourth-order valence-corrected chi connectivity index (χ4v) is 4.47. The summed E-state index contributed by atoms with van der Waals surface area (Å²) in [6.07, 6.45) is 1.99. The molecule has 0 bridgehead atoms. The normalized spacial score (nSPS) is 11.2. The third kappa shape index (κ3) is 4.16. The van der Waals surface area contributed by atoms with Gasteiger partial charge in [0.15, 0.2) is 0 Å². The quantitative estimate of drug-likeness (QED) is 0.270. The zero-order valence-electron chi connectivity index (χ0n) is 17.4. The highest BCUT2D eigenvalue weighted by atomic mass is 79.9. The number of halogens is 1. The summed E-state index contributed by atoms with van der Waals surface area (Å²) < 4.78 is 0.884. The summed E-state index contributed by atoms with van der Waals surface area (Å²) in [5.74, 6) is 0.0159. The highest BCUT2D eigenvalue weighted by Crippen LogP contribution is 2.31. The monoisotopic (exact) mass is 483 g/mol. The first-order chi connectivity index (χ1) is 15.7. The molecule has 5 rings (SSSR count). The van der Waals surface area contributed by atoms with Crippen LogP contribution in [0.15, 0.2) is 89.4 Å². The Morgan fingerprint density at radius 2 is 1.69 bits per heavy atom. The number of aromatic amines is 1. The number of H-pyrrole nitrogens is 1. The molecule has 2 heterocycles. The van der Waals surface area contributed by atoms with Crippen LogP contribution in [-0.4, -0.2) is 15.9 Å². The summed E-state index contributed by atoms with van der Waals surface area (Å²) in [5.41, 5.74) is 6.02. The van der Waals surface area contributed by atoms with Crippen molar-refractivity contribution in [2.24, 2.45) is 0 Å². The molecule has 5 heteroatoms. The van der Waals surface area contributed by atoms with E-state index in [1.165, 1.54) is 10.9 Å². The van der Waals surface area contributed by atoms with Crippen LogP contribution in [0.2, 0.25) is 0 Å². The first-order valence-corrected chi connectivity index (χ1v) is 11.5. The zero-order chi connectivity index (χ0) is 21.9. The van der Waals surface area contributed by atoms with Crippen LogP contribution in [-0.2, 0) is 11.2 Å². The summed E-state index contributed by atoms with van der Waals surface area (Å²) in [7, 11) is 0. The maximum atomic E-state index is 12.5. The molecule has 0 aliphatic rings. The first-order valence-electron chi connectivity index (χ1n) is 10.7. The molecule has 3 aromatic carbocycles. The van der Waals surface area contributed by atoms with E-state index in [0.717, 1.165) is 50.8 Å². The highest BCUT2D eigenvalue weighted by Gasteiger charge is 2.15. The number of aromatic nitrogens is 2. The first kappa shape index (κ1) is 20.5. The summed E-state index contributed by atoms with van der Waals surface area (Å²) in [6, 6.07) is 28.3. The lowest BCUT2D eigenvalue weighted by Gasteiger charge is -2.08. The van der Waals surface area contributed by atoms with Gasteiger partial charge in [-0.25, -0.2) is 4.98 Å². The number of carbonyl (C=O) groups is 1. The molecule has 0 unspecified atom stereocenters. The fraction of sp³-hybridized carbons (Fsp3) is 0.111. The van der Waals surface area contributed by atoms with Crippen molar-refractivity contribution in [1.29, 1.82) is 0 Å². The predicted molar refractivity (Wildman–Crippen MR) is 135 cm³/mol. The van der Waals surface area contributed by atoms with Gasteiger partial charge < -0.3 is 10.3 Å². The largest absolute Gasteiger partial charge is 0.353 e. The lowest BCUT2D eigenvalue weighted by atomic mass is 10.0. The van der Waals surface area contributed by atoms with Crippen LogP contribution >= 0.6 is 15.9 Å². The van der Waals surface area contributed by atoms with E-state index < -0.39 is 0 Å². The van der Waals surface area contributed by atoms with E-state index in [-0.39, 0.29) is 5.91 Å². The standard InChI is InChI=1S/C27H22BrN3O/c28-21-11-3-6-14-24(21)30-26(32)15-7-10-20-19-9-2-5-13-23(19)31-27(20)25-17-16-18-8-1-4-12-22(18)29-25/h1-6,8-9,11-14,16-17,31H,7,10,15H2,(H,30,32). The van der Waals surface area contributed by atoms with E-state index in [2.05, 4.69) is 62.6 Å². The number of fused-ring (bicyclic) bond motifs is 2. The van der Waals surface area contributed by atoms with Crippen LogP contribution in [0.1, 0.15) is 18.4 Å². The number of aryl methyl sites for hydroxylation is 1. The van der Waals surface area contributed by atoms with E-state index in [1.807, 2.05) is 48.5 Å². The molecular formula is C27H22BrN3O. The minimum atomic E-state index is 0.0159. The molecular weight excluding hydrogens is 462 g/mol. The van der Waals surface area contributed by atoms with Crippen molar-refractivity contribution in [3.05, 3.63) is 95.0 Å². The van der Waals surface area contributed by atoms with Crippen molar-refractivity contribution < 1.29 is 4.79 Å². The predicted octanol–water partition coefficient (Wildman–Crippen LogP) is 7.11. The van der Waals surface area contributed by atoms with Crippen molar-refractivity contribution >= 4 is 49.3 Å². The van der Waals surface area contributed by atoms with E-state index in [4.69, 9.17) is 4.98 Å². The molecule has 0 aliphatic heterocycles. The molecule has 0 atom stereocenters. The van der Waals surface area contributed by atoms with Gasteiger partial charge in [-0.05, 0) is 64.7 Å². The fourth-order valence-electron chi connectivity index (χ4n) is 4.08. The Kier molecular flexibility index (Phi) is 5.73. The van der Waals surface area contributed by atoms with Crippen molar-refractivity contribution in [3.63, 3.8) is 0 Å². The molecule has 1 amide bonds. The Morgan fingerprint density at radius 1 is 0.906 bits per heavy atom. The summed E-state index contributed by atoms with van der Waals surface area (Å²) >= 11 is 3.48. The Morgan fingerprint density at radius 3 is 2.59 bits per heavy atom. The number of nitrogens with one attached hydrogen (secondary N) is 2.